The third-order valence-electron chi connectivity index (χ3n) is 6.97. The Morgan fingerprint density at radius 3 is 1.93 bits per heavy atom. The van der Waals surface area contributed by atoms with Crippen molar-refractivity contribution in [2.24, 2.45) is 0 Å². The summed E-state index contributed by atoms with van der Waals surface area (Å²) >= 11 is 0. The van der Waals surface area contributed by atoms with Gasteiger partial charge in [-0.3, -0.25) is 14.3 Å². The first-order chi connectivity index (χ1) is 19.5. The van der Waals surface area contributed by atoms with Gasteiger partial charge in [-0.15, -0.1) is 0 Å². The van der Waals surface area contributed by atoms with E-state index in [1.54, 1.807) is 43.0 Å². The quantitative estimate of drug-likeness (QED) is 0.351. The van der Waals surface area contributed by atoms with Crippen molar-refractivity contribution in [2.75, 3.05) is 41.1 Å². The highest BCUT2D eigenvalue weighted by molar-refractivity contribution is 7.92. The lowest BCUT2D eigenvalue weighted by Crippen LogP contribution is -2.49. The lowest BCUT2D eigenvalue weighted by molar-refractivity contribution is -0.133. The van der Waals surface area contributed by atoms with Crippen molar-refractivity contribution in [2.45, 2.75) is 59.3 Å². The van der Waals surface area contributed by atoms with Crippen molar-refractivity contribution in [3.05, 3.63) is 82.9 Å². The van der Waals surface area contributed by atoms with Gasteiger partial charge in [-0.1, -0.05) is 61.9 Å². The van der Waals surface area contributed by atoms with Gasteiger partial charge in [-0.25, -0.2) is 8.42 Å². The Morgan fingerprint density at radius 1 is 0.756 bits per heavy atom. The summed E-state index contributed by atoms with van der Waals surface area (Å²) in [5, 5.41) is 2.77. The molecule has 0 spiro atoms. The first-order valence-electron chi connectivity index (χ1n) is 14.1. The third-order valence-corrected chi connectivity index (χ3v) is 8.64. The van der Waals surface area contributed by atoms with Crippen LogP contribution in [0.15, 0.2) is 65.6 Å². The largest absolute Gasteiger partial charge is 0.368 e. The number of nitrogens with zero attached hydrogens (tertiary/aromatic N) is 2. The highest BCUT2D eigenvalue weighted by Crippen LogP contribution is 2.28. The van der Waals surface area contributed by atoms with Crippen molar-refractivity contribution in [3.8, 4) is 0 Å². The minimum absolute atomic E-state index is 0.00804. The highest BCUT2D eigenvalue weighted by atomic mass is 32.2. The number of rotatable bonds is 8. The Hall–Kier alpha value is -3.85. The van der Waals surface area contributed by atoms with E-state index < -0.39 is 10.0 Å². The summed E-state index contributed by atoms with van der Waals surface area (Å²) < 4.78 is 29.1. The number of amides is 2. The minimum Gasteiger partial charge on any atom is -0.368 e. The maximum Gasteiger partial charge on any atom is 0.262 e. The van der Waals surface area contributed by atoms with Crippen molar-refractivity contribution in [3.63, 3.8) is 0 Å². The summed E-state index contributed by atoms with van der Waals surface area (Å²) in [6.07, 6.45) is 0.0972. The number of hydrogen-bond acceptors (Lipinski definition) is 5. The normalized spacial score (nSPS) is 13.2. The van der Waals surface area contributed by atoms with E-state index >= 15 is 0 Å². The molecule has 0 bridgehead atoms. The zero-order chi connectivity index (χ0) is 30.2. The van der Waals surface area contributed by atoms with Crippen LogP contribution in [0.2, 0.25) is 0 Å². The van der Waals surface area contributed by atoms with E-state index in [2.05, 4.69) is 34.0 Å². The van der Waals surface area contributed by atoms with Gasteiger partial charge in [-0.2, -0.15) is 0 Å². The maximum atomic E-state index is 13.2. The first-order valence-corrected chi connectivity index (χ1v) is 15.6. The number of para-hydroxylation sites is 3. The summed E-state index contributed by atoms with van der Waals surface area (Å²) in [6.45, 7) is 14.2. The summed E-state index contributed by atoms with van der Waals surface area (Å²) in [6, 6.07) is 18.5. The van der Waals surface area contributed by atoms with E-state index in [9.17, 15) is 18.0 Å². The molecule has 2 amide bonds. The van der Waals surface area contributed by atoms with Crippen LogP contribution in [-0.4, -0.2) is 51.3 Å². The summed E-state index contributed by atoms with van der Waals surface area (Å²) in [5.74, 6) is -0.412. The Morgan fingerprint density at radius 2 is 1.32 bits per heavy atom. The molecule has 1 aliphatic rings. The van der Waals surface area contributed by atoms with Crippen LogP contribution >= 0.6 is 0 Å². The number of sulfonamides is 1. The molecule has 3 aromatic rings. The van der Waals surface area contributed by atoms with E-state index in [1.165, 1.54) is 11.3 Å². The summed E-state index contributed by atoms with van der Waals surface area (Å²) in [7, 11) is -3.88. The molecule has 2 N–H and O–H groups in total. The van der Waals surface area contributed by atoms with Gasteiger partial charge in [0.2, 0.25) is 11.8 Å². The Balaban J connectivity index is 0.00000226. The summed E-state index contributed by atoms with van der Waals surface area (Å²) in [5.41, 5.74) is 5.29. The van der Waals surface area contributed by atoms with E-state index in [1.807, 2.05) is 45.0 Å². The molecule has 0 aliphatic carbocycles. The Kier molecular flexibility index (Phi) is 10.9. The monoisotopic (exact) mass is 578 g/mol. The average molecular weight is 579 g/mol. The molecule has 9 heteroatoms. The number of piperazine rings is 1. The lowest BCUT2D eigenvalue weighted by Gasteiger charge is -2.36. The van der Waals surface area contributed by atoms with Gasteiger partial charge < -0.3 is 15.1 Å². The van der Waals surface area contributed by atoms with Gasteiger partial charge in [0, 0.05) is 44.7 Å². The van der Waals surface area contributed by atoms with E-state index in [-0.39, 0.29) is 35.2 Å². The lowest BCUT2D eigenvalue weighted by atomic mass is 10.1. The average Bonchev–Trinajstić information content (AvgIpc) is 2.93. The van der Waals surface area contributed by atoms with E-state index in [4.69, 9.17) is 0 Å². The van der Waals surface area contributed by atoms with Gasteiger partial charge in [-0.05, 0) is 62.6 Å². The van der Waals surface area contributed by atoms with Crippen molar-refractivity contribution in [1.82, 2.24) is 4.90 Å². The molecule has 0 aromatic heterocycles. The second-order valence-corrected chi connectivity index (χ2v) is 11.7. The number of nitrogens with one attached hydrogen (secondary N) is 2. The first kappa shape index (κ1) is 31.7. The molecule has 0 atom stereocenters. The standard InChI is InChI=1S/C30H36N4O4S.C2H6/c1-21-19-23(3)30(24(4)20-21)39(37,38)32-26-11-7-6-10-25(26)31-28(35)13-14-29(36)34-17-15-33(16-18-34)27-12-8-5-9-22(27)2;1-2/h5-12,19-20,32H,13-18H2,1-4H3,(H,31,35);1-2H3. The van der Waals surface area contributed by atoms with Gasteiger partial charge in [0.05, 0.1) is 16.3 Å². The smallest absolute Gasteiger partial charge is 0.262 e. The van der Waals surface area contributed by atoms with Crippen LogP contribution in [0.3, 0.4) is 0 Å². The molecule has 8 nitrogen and oxygen atoms in total. The SMILES string of the molecule is CC.Cc1cc(C)c(S(=O)(=O)Nc2ccccc2NC(=O)CCC(=O)N2CCN(c3ccccc3C)CC2)c(C)c1. The molecular formula is C32H42N4O4S. The molecular weight excluding hydrogens is 536 g/mol. The van der Waals surface area contributed by atoms with E-state index in [0.29, 0.717) is 29.9 Å². The molecule has 3 aromatic carbocycles. The second-order valence-electron chi connectivity index (χ2n) is 10.1. The zero-order valence-electron chi connectivity index (χ0n) is 25.0. The number of aryl methyl sites for hydroxylation is 4. The van der Waals surface area contributed by atoms with Crippen LogP contribution < -0.4 is 14.9 Å². The fourth-order valence-corrected chi connectivity index (χ4v) is 6.71. The molecule has 0 saturated carbocycles. The summed E-state index contributed by atoms with van der Waals surface area (Å²) in [4.78, 5) is 29.8. The highest BCUT2D eigenvalue weighted by Gasteiger charge is 2.24. The third kappa shape index (κ3) is 8.10. The van der Waals surface area contributed by atoms with Crippen LogP contribution in [0.4, 0.5) is 17.1 Å². The number of carbonyl (C=O) groups is 2. The van der Waals surface area contributed by atoms with Crippen molar-refractivity contribution in [1.29, 1.82) is 0 Å². The van der Waals surface area contributed by atoms with Gasteiger partial charge in [0.25, 0.3) is 10.0 Å². The van der Waals surface area contributed by atoms with E-state index in [0.717, 1.165) is 18.7 Å². The molecule has 1 saturated heterocycles. The number of carbonyl (C=O) groups excluding carboxylic acids is 2. The van der Waals surface area contributed by atoms with Crippen molar-refractivity contribution >= 4 is 38.9 Å². The van der Waals surface area contributed by atoms with Gasteiger partial charge in [0.1, 0.15) is 0 Å². The van der Waals surface area contributed by atoms with Crippen LogP contribution in [0, 0.1) is 27.7 Å². The van der Waals surface area contributed by atoms with Crippen LogP contribution in [0.1, 0.15) is 48.9 Å². The molecule has 1 aliphatic heterocycles. The fourth-order valence-electron chi connectivity index (χ4n) is 5.17. The predicted molar refractivity (Wildman–Crippen MR) is 167 cm³/mol. The number of hydrogen-bond donors (Lipinski definition) is 2. The number of anilines is 3. The van der Waals surface area contributed by atoms with Crippen LogP contribution in [-0.2, 0) is 19.6 Å². The van der Waals surface area contributed by atoms with Crippen molar-refractivity contribution < 1.29 is 18.0 Å². The molecule has 1 heterocycles. The molecule has 1 fully saturated rings. The Labute approximate surface area is 244 Å². The Bertz CT molecular complexity index is 1460. The molecule has 0 unspecified atom stereocenters. The molecule has 41 heavy (non-hydrogen) atoms. The topological polar surface area (TPSA) is 98.8 Å². The molecule has 220 valence electrons. The number of benzene rings is 3. The molecule has 4 rings (SSSR count). The molecule has 0 radical (unpaired) electrons. The van der Waals surface area contributed by atoms with Gasteiger partial charge >= 0.3 is 0 Å². The zero-order valence-corrected chi connectivity index (χ0v) is 25.8. The fraction of sp³-hybridized carbons (Fsp3) is 0.375. The minimum atomic E-state index is -3.88. The van der Waals surface area contributed by atoms with Crippen LogP contribution in [0.5, 0.6) is 0 Å². The maximum absolute atomic E-state index is 13.2. The van der Waals surface area contributed by atoms with Gasteiger partial charge in [0.15, 0.2) is 0 Å². The predicted octanol–water partition coefficient (Wildman–Crippen LogP) is 5.81. The van der Waals surface area contributed by atoms with Crippen LogP contribution in [0.25, 0.3) is 0 Å². The second kappa shape index (κ2) is 14.2.